The average Bonchev–Trinajstić information content (AvgIpc) is 2.75. The maximum absolute atomic E-state index is 11.8. The van der Waals surface area contributed by atoms with E-state index in [0.29, 0.717) is 18.0 Å². The summed E-state index contributed by atoms with van der Waals surface area (Å²) in [5, 5.41) is 6.73. The van der Waals surface area contributed by atoms with Gasteiger partial charge in [0, 0.05) is 32.9 Å². The fourth-order valence-electron chi connectivity index (χ4n) is 4.07. The van der Waals surface area contributed by atoms with Gasteiger partial charge in [-0.2, -0.15) is 0 Å². The Balaban J connectivity index is 0.00000363. The second-order valence-corrected chi connectivity index (χ2v) is 10.2. The molecule has 1 aliphatic rings. The highest BCUT2D eigenvalue weighted by Gasteiger charge is 2.13. The second-order valence-electron chi connectivity index (χ2n) is 8.26. The van der Waals surface area contributed by atoms with Crippen LogP contribution >= 0.6 is 24.0 Å². The lowest BCUT2D eigenvalue weighted by molar-refractivity contribution is 0.220. The van der Waals surface area contributed by atoms with Crippen molar-refractivity contribution in [3.05, 3.63) is 64.7 Å². The van der Waals surface area contributed by atoms with E-state index in [2.05, 4.69) is 44.8 Å². The van der Waals surface area contributed by atoms with Crippen molar-refractivity contribution < 1.29 is 8.42 Å². The predicted molar refractivity (Wildman–Crippen MR) is 142 cm³/mol. The minimum atomic E-state index is -3.20. The van der Waals surface area contributed by atoms with Crippen molar-refractivity contribution in [2.24, 2.45) is 4.99 Å². The van der Waals surface area contributed by atoms with Crippen LogP contribution in [0.5, 0.6) is 0 Å². The van der Waals surface area contributed by atoms with Gasteiger partial charge in [-0.25, -0.2) is 8.42 Å². The number of likely N-dealkylation sites (tertiary alicyclic amines) is 1. The topological polar surface area (TPSA) is 73.8 Å². The molecule has 1 fully saturated rings. The van der Waals surface area contributed by atoms with E-state index in [1.165, 1.54) is 49.7 Å². The van der Waals surface area contributed by atoms with Crippen molar-refractivity contribution in [2.45, 2.75) is 50.7 Å². The van der Waals surface area contributed by atoms with Gasteiger partial charge >= 0.3 is 0 Å². The molecular formula is C24H35IN4O2S. The second kappa shape index (κ2) is 12.6. The molecule has 1 heterocycles. The largest absolute Gasteiger partial charge is 0.352 e. The minimum Gasteiger partial charge on any atom is -0.352 e. The Labute approximate surface area is 209 Å². The highest BCUT2D eigenvalue weighted by molar-refractivity contribution is 14.0. The fourth-order valence-corrected chi connectivity index (χ4v) is 5.02. The van der Waals surface area contributed by atoms with Gasteiger partial charge in [0.15, 0.2) is 15.8 Å². The van der Waals surface area contributed by atoms with Gasteiger partial charge in [0.2, 0.25) is 0 Å². The predicted octanol–water partition coefficient (Wildman–Crippen LogP) is 3.87. The summed E-state index contributed by atoms with van der Waals surface area (Å²) in [7, 11) is -1.44. The van der Waals surface area contributed by atoms with E-state index < -0.39 is 9.84 Å². The summed E-state index contributed by atoms with van der Waals surface area (Å²) in [6, 6.07) is 14.0. The van der Waals surface area contributed by atoms with Crippen LogP contribution in [0.3, 0.4) is 0 Å². The molecule has 0 radical (unpaired) electrons. The van der Waals surface area contributed by atoms with Crippen LogP contribution in [0.1, 0.15) is 41.5 Å². The third-order valence-electron chi connectivity index (χ3n) is 5.73. The molecule has 0 aliphatic carbocycles. The SMILES string of the molecule is CN=C(NCc1ccc(S(C)(=O)=O)c(C)c1)NCc1ccccc1CN1CCCCC1.I. The first-order chi connectivity index (χ1) is 14.9. The quantitative estimate of drug-likeness (QED) is 0.301. The zero-order chi connectivity index (χ0) is 22.3. The first-order valence-electron chi connectivity index (χ1n) is 10.9. The number of nitrogens with zero attached hydrogens (tertiary/aromatic N) is 2. The van der Waals surface area contributed by atoms with E-state index >= 15 is 0 Å². The molecular weight excluding hydrogens is 535 g/mol. The Bertz CT molecular complexity index is 1020. The Kier molecular flexibility index (Phi) is 10.4. The number of piperidine rings is 1. The van der Waals surface area contributed by atoms with Gasteiger partial charge < -0.3 is 10.6 Å². The lowest BCUT2D eigenvalue weighted by atomic mass is 10.0. The normalized spacial score (nSPS) is 15.2. The number of halogens is 1. The fraction of sp³-hybridized carbons (Fsp3) is 0.458. The van der Waals surface area contributed by atoms with Gasteiger partial charge in [-0.05, 0) is 61.2 Å². The maximum Gasteiger partial charge on any atom is 0.191 e. The first kappa shape index (κ1) is 26.6. The van der Waals surface area contributed by atoms with E-state index in [9.17, 15) is 8.42 Å². The van der Waals surface area contributed by atoms with Crippen molar-refractivity contribution >= 4 is 39.8 Å². The molecule has 0 amide bonds. The van der Waals surface area contributed by atoms with Gasteiger partial charge in [-0.15, -0.1) is 24.0 Å². The number of aryl methyl sites for hydroxylation is 1. The highest BCUT2D eigenvalue weighted by atomic mass is 127. The molecule has 3 rings (SSSR count). The molecule has 1 aliphatic heterocycles. The monoisotopic (exact) mass is 570 g/mol. The Morgan fingerprint density at radius 2 is 1.66 bits per heavy atom. The summed E-state index contributed by atoms with van der Waals surface area (Å²) in [4.78, 5) is 7.25. The number of nitrogens with one attached hydrogen (secondary N) is 2. The molecule has 2 aromatic rings. The van der Waals surface area contributed by atoms with Crippen LogP contribution in [0.4, 0.5) is 0 Å². The minimum absolute atomic E-state index is 0. The summed E-state index contributed by atoms with van der Waals surface area (Å²) >= 11 is 0. The van der Waals surface area contributed by atoms with Crippen LogP contribution in [-0.4, -0.2) is 45.7 Å². The molecule has 176 valence electrons. The Morgan fingerprint density at radius 3 is 2.28 bits per heavy atom. The molecule has 1 saturated heterocycles. The molecule has 8 heteroatoms. The Morgan fingerprint density at radius 1 is 1.00 bits per heavy atom. The number of aliphatic imine (C=N–C) groups is 1. The van der Waals surface area contributed by atoms with Crippen molar-refractivity contribution in [1.82, 2.24) is 15.5 Å². The summed E-state index contributed by atoms with van der Waals surface area (Å²) in [6.07, 6.45) is 5.17. The summed E-state index contributed by atoms with van der Waals surface area (Å²) in [6.45, 7) is 6.46. The van der Waals surface area contributed by atoms with Crippen molar-refractivity contribution in [2.75, 3.05) is 26.4 Å². The molecule has 2 aromatic carbocycles. The van der Waals surface area contributed by atoms with Gasteiger partial charge in [0.25, 0.3) is 0 Å². The van der Waals surface area contributed by atoms with Crippen LogP contribution in [0.15, 0.2) is 52.4 Å². The number of rotatable bonds is 7. The molecule has 0 bridgehead atoms. The number of sulfone groups is 1. The molecule has 0 spiro atoms. The number of hydrogen-bond acceptors (Lipinski definition) is 4. The summed E-state index contributed by atoms with van der Waals surface area (Å²) in [5.74, 6) is 0.720. The van der Waals surface area contributed by atoms with Crippen LogP contribution < -0.4 is 10.6 Å². The average molecular weight is 571 g/mol. The van der Waals surface area contributed by atoms with Gasteiger partial charge in [0.1, 0.15) is 0 Å². The van der Waals surface area contributed by atoms with E-state index in [1.807, 2.05) is 19.1 Å². The summed E-state index contributed by atoms with van der Waals surface area (Å²) in [5.41, 5.74) is 4.42. The van der Waals surface area contributed by atoms with Crippen LogP contribution in [0, 0.1) is 6.92 Å². The van der Waals surface area contributed by atoms with E-state index in [1.54, 1.807) is 13.1 Å². The van der Waals surface area contributed by atoms with E-state index in [4.69, 9.17) is 0 Å². The third kappa shape index (κ3) is 7.74. The standard InChI is InChI=1S/C24H34N4O2S.HI/c1-19-15-20(11-12-23(19)31(3,29)30)16-26-24(25-2)27-17-21-9-5-6-10-22(21)18-28-13-7-4-8-14-28;/h5-6,9-12,15H,4,7-8,13-14,16-18H2,1-3H3,(H2,25,26,27);1H. The molecule has 32 heavy (non-hydrogen) atoms. The summed E-state index contributed by atoms with van der Waals surface area (Å²) < 4.78 is 23.6. The molecule has 2 N–H and O–H groups in total. The molecule has 6 nitrogen and oxygen atoms in total. The molecule has 0 atom stereocenters. The molecule has 0 unspecified atom stereocenters. The van der Waals surface area contributed by atoms with Crippen molar-refractivity contribution in [1.29, 1.82) is 0 Å². The van der Waals surface area contributed by atoms with Crippen LogP contribution in [0.25, 0.3) is 0 Å². The van der Waals surface area contributed by atoms with Gasteiger partial charge in [-0.1, -0.05) is 42.8 Å². The van der Waals surface area contributed by atoms with Crippen LogP contribution in [-0.2, 0) is 29.5 Å². The van der Waals surface area contributed by atoms with Crippen LogP contribution in [0.2, 0.25) is 0 Å². The molecule has 0 saturated carbocycles. The molecule has 0 aromatic heterocycles. The van der Waals surface area contributed by atoms with Crippen molar-refractivity contribution in [3.63, 3.8) is 0 Å². The smallest absolute Gasteiger partial charge is 0.191 e. The van der Waals surface area contributed by atoms with E-state index in [-0.39, 0.29) is 24.0 Å². The first-order valence-corrected chi connectivity index (χ1v) is 12.8. The lowest BCUT2D eigenvalue weighted by Crippen LogP contribution is -2.36. The zero-order valence-corrected chi connectivity index (χ0v) is 22.4. The van der Waals surface area contributed by atoms with Crippen molar-refractivity contribution in [3.8, 4) is 0 Å². The van der Waals surface area contributed by atoms with Gasteiger partial charge in [0.05, 0.1) is 4.90 Å². The Hall–Kier alpha value is -1.65. The van der Waals surface area contributed by atoms with Gasteiger partial charge in [-0.3, -0.25) is 9.89 Å². The third-order valence-corrected chi connectivity index (χ3v) is 6.99. The number of guanidine groups is 1. The highest BCUT2D eigenvalue weighted by Crippen LogP contribution is 2.17. The maximum atomic E-state index is 11.8. The number of benzene rings is 2. The zero-order valence-electron chi connectivity index (χ0n) is 19.2. The number of hydrogen-bond donors (Lipinski definition) is 2. The lowest BCUT2D eigenvalue weighted by Gasteiger charge is -2.27. The van der Waals surface area contributed by atoms with E-state index in [0.717, 1.165) is 23.6 Å².